The van der Waals surface area contributed by atoms with Gasteiger partial charge in [-0.3, -0.25) is 4.98 Å². The quantitative estimate of drug-likeness (QED) is 0.533. The van der Waals surface area contributed by atoms with Crippen LogP contribution in [0, 0.1) is 12.3 Å². The lowest BCUT2D eigenvalue weighted by Gasteiger charge is -2.18. The second kappa shape index (κ2) is 9.67. The lowest BCUT2D eigenvalue weighted by molar-refractivity contribution is 0.444. The molecule has 0 aromatic carbocycles. The summed E-state index contributed by atoms with van der Waals surface area (Å²) in [4.78, 5) is 4.04. The standard InChI is InChI=1S/C16H24N2/c1-3-5-6-7-16(18-12-4-2)9-8-15-10-13-17-14-11-15/h1,10-11,13-14,16,18H,4-9,12H2,2H3. The highest BCUT2D eigenvalue weighted by Gasteiger charge is 2.07. The second-order valence-electron chi connectivity index (χ2n) is 4.64. The Morgan fingerprint density at radius 3 is 2.78 bits per heavy atom. The van der Waals surface area contributed by atoms with Gasteiger partial charge in [0.1, 0.15) is 0 Å². The topological polar surface area (TPSA) is 24.9 Å². The Bertz CT molecular complexity index is 340. The van der Waals surface area contributed by atoms with E-state index in [0.717, 1.165) is 25.8 Å². The van der Waals surface area contributed by atoms with Gasteiger partial charge in [-0.15, -0.1) is 12.3 Å². The zero-order valence-corrected chi connectivity index (χ0v) is 11.4. The highest BCUT2D eigenvalue weighted by Crippen LogP contribution is 2.09. The summed E-state index contributed by atoms with van der Waals surface area (Å²) < 4.78 is 0. The van der Waals surface area contributed by atoms with Gasteiger partial charge in [0.2, 0.25) is 0 Å². The van der Waals surface area contributed by atoms with Crippen molar-refractivity contribution in [3.8, 4) is 12.3 Å². The average Bonchev–Trinajstić information content (AvgIpc) is 2.42. The van der Waals surface area contributed by atoms with Crippen molar-refractivity contribution in [2.45, 2.75) is 51.5 Å². The predicted molar refractivity (Wildman–Crippen MR) is 77.3 cm³/mol. The first-order valence-corrected chi connectivity index (χ1v) is 6.92. The molecule has 2 heteroatoms. The summed E-state index contributed by atoms with van der Waals surface area (Å²) in [5, 5.41) is 3.61. The van der Waals surface area contributed by atoms with Crippen LogP contribution >= 0.6 is 0 Å². The van der Waals surface area contributed by atoms with Crippen LogP contribution in [0.25, 0.3) is 0 Å². The number of hydrogen-bond acceptors (Lipinski definition) is 2. The van der Waals surface area contributed by atoms with Crippen LogP contribution in [0.15, 0.2) is 24.5 Å². The van der Waals surface area contributed by atoms with Crippen molar-refractivity contribution >= 4 is 0 Å². The van der Waals surface area contributed by atoms with Gasteiger partial charge in [-0.05, 0) is 56.3 Å². The predicted octanol–water partition coefficient (Wildman–Crippen LogP) is 3.19. The third-order valence-electron chi connectivity index (χ3n) is 3.09. The fourth-order valence-corrected chi connectivity index (χ4v) is 2.04. The Morgan fingerprint density at radius 2 is 2.11 bits per heavy atom. The van der Waals surface area contributed by atoms with Crippen molar-refractivity contribution < 1.29 is 0 Å². The van der Waals surface area contributed by atoms with E-state index in [1.54, 1.807) is 0 Å². The molecule has 0 aliphatic heterocycles. The van der Waals surface area contributed by atoms with Gasteiger partial charge < -0.3 is 5.32 Å². The highest BCUT2D eigenvalue weighted by molar-refractivity contribution is 5.09. The number of pyridine rings is 1. The normalized spacial score (nSPS) is 12.0. The van der Waals surface area contributed by atoms with Gasteiger partial charge in [0.15, 0.2) is 0 Å². The van der Waals surface area contributed by atoms with Crippen LogP contribution in [-0.2, 0) is 6.42 Å². The van der Waals surface area contributed by atoms with Crippen LogP contribution in [0.4, 0.5) is 0 Å². The first-order chi connectivity index (χ1) is 8.86. The van der Waals surface area contributed by atoms with Gasteiger partial charge in [0.25, 0.3) is 0 Å². The van der Waals surface area contributed by atoms with E-state index in [4.69, 9.17) is 6.42 Å². The van der Waals surface area contributed by atoms with Crippen LogP contribution in [-0.4, -0.2) is 17.6 Å². The van der Waals surface area contributed by atoms with Gasteiger partial charge in [-0.2, -0.15) is 0 Å². The minimum atomic E-state index is 0.589. The molecule has 0 bridgehead atoms. The number of aryl methyl sites for hydroxylation is 1. The molecule has 1 atom stereocenters. The van der Waals surface area contributed by atoms with E-state index in [9.17, 15) is 0 Å². The Kier molecular flexibility index (Phi) is 7.92. The number of aromatic nitrogens is 1. The maximum atomic E-state index is 5.30. The zero-order chi connectivity index (χ0) is 13.1. The van der Waals surface area contributed by atoms with Crippen molar-refractivity contribution in [2.75, 3.05) is 6.54 Å². The Balaban J connectivity index is 2.33. The summed E-state index contributed by atoms with van der Waals surface area (Å²) in [6.07, 6.45) is 15.7. The van der Waals surface area contributed by atoms with Crippen molar-refractivity contribution in [1.82, 2.24) is 10.3 Å². The smallest absolute Gasteiger partial charge is 0.0270 e. The second-order valence-corrected chi connectivity index (χ2v) is 4.64. The summed E-state index contributed by atoms with van der Waals surface area (Å²) in [6.45, 7) is 3.30. The van der Waals surface area contributed by atoms with E-state index in [1.165, 1.54) is 24.8 Å². The molecular formula is C16H24N2. The van der Waals surface area contributed by atoms with Crippen molar-refractivity contribution in [2.24, 2.45) is 0 Å². The Hall–Kier alpha value is -1.33. The summed E-state index contributed by atoms with van der Waals surface area (Å²) in [6, 6.07) is 4.78. The zero-order valence-electron chi connectivity index (χ0n) is 11.4. The van der Waals surface area contributed by atoms with Crippen molar-refractivity contribution in [1.29, 1.82) is 0 Å². The molecule has 18 heavy (non-hydrogen) atoms. The summed E-state index contributed by atoms with van der Waals surface area (Å²) in [5.74, 6) is 2.72. The third kappa shape index (κ3) is 6.42. The van der Waals surface area contributed by atoms with E-state index in [1.807, 2.05) is 12.4 Å². The average molecular weight is 244 g/mol. The summed E-state index contributed by atoms with van der Waals surface area (Å²) in [7, 11) is 0. The monoisotopic (exact) mass is 244 g/mol. The number of terminal acetylenes is 1. The summed E-state index contributed by atoms with van der Waals surface area (Å²) in [5.41, 5.74) is 1.37. The number of rotatable bonds is 9. The molecule has 1 aromatic heterocycles. The first kappa shape index (κ1) is 14.7. The maximum Gasteiger partial charge on any atom is 0.0270 e. The maximum absolute atomic E-state index is 5.30. The molecule has 1 heterocycles. The SMILES string of the molecule is C#CCCCC(CCc1ccncc1)NCCC. The molecule has 0 spiro atoms. The van der Waals surface area contributed by atoms with Gasteiger partial charge >= 0.3 is 0 Å². The number of nitrogens with one attached hydrogen (secondary N) is 1. The number of hydrogen-bond donors (Lipinski definition) is 1. The van der Waals surface area contributed by atoms with Gasteiger partial charge in [0.05, 0.1) is 0 Å². The molecule has 0 saturated heterocycles. The molecule has 1 rings (SSSR count). The van der Waals surface area contributed by atoms with Gasteiger partial charge in [-0.1, -0.05) is 6.92 Å². The van der Waals surface area contributed by atoms with Crippen LogP contribution in [0.5, 0.6) is 0 Å². The number of nitrogens with zero attached hydrogens (tertiary/aromatic N) is 1. The lowest BCUT2D eigenvalue weighted by Crippen LogP contribution is -2.30. The van der Waals surface area contributed by atoms with E-state index < -0.39 is 0 Å². The minimum absolute atomic E-state index is 0.589. The van der Waals surface area contributed by atoms with Crippen LogP contribution in [0.1, 0.15) is 44.6 Å². The highest BCUT2D eigenvalue weighted by atomic mass is 14.9. The molecule has 1 aromatic rings. The first-order valence-electron chi connectivity index (χ1n) is 6.92. The molecule has 98 valence electrons. The molecule has 0 aliphatic carbocycles. The van der Waals surface area contributed by atoms with Crippen LogP contribution in [0.2, 0.25) is 0 Å². The third-order valence-corrected chi connectivity index (χ3v) is 3.09. The van der Waals surface area contributed by atoms with Crippen LogP contribution in [0.3, 0.4) is 0 Å². The fourth-order valence-electron chi connectivity index (χ4n) is 2.04. The lowest BCUT2D eigenvalue weighted by atomic mass is 10.0. The van der Waals surface area contributed by atoms with E-state index >= 15 is 0 Å². The van der Waals surface area contributed by atoms with Gasteiger partial charge in [-0.25, -0.2) is 0 Å². The van der Waals surface area contributed by atoms with E-state index in [-0.39, 0.29) is 0 Å². The van der Waals surface area contributed by atoms with E-state index in [0.29, 0.717) is 6.04 Å². The summed E-state index contributed by atoms with van der Waals surface area (Å²) >= 11 is 0. The molecule has 0 radical (unpaired) electrons. The van der Waals surface area contributed by atoms with Crippen molar-refractivity contribution in [3.63, 3.8) is 0 Å². The molecule has 0 fully saturated rings. The van der Waals surface area contributed by atoms with Crippen molar-refractivity contribution in [3.05, 3.63) is 30.1 Å². The molecule has 0 saturated carbocycles. The van der Waals surface area contributed by atoms with Crippen LogP contribution < -0.4 is 5.32 Å². The van der Waals surface area contributed by atoms with Gasteiger partial charge in [0, 0.05) is 24.9 Å². The Labute approximate surface area is 111 Å². The van der Waals surface area contributed by atoms with E-state index in [2.05, 4.69) is 35.3 Å². The molecule has 0 amide bonds. The molecule has 1 unspecified atom stereocenters. The largest absolute Gasteiger partial charge is 0.314 e. The molecule has 2 nitrogen and oxygen atoms in total. The molecule has 1 N–H and O–H groups in total. The molecule has 0 aliphatic rings. The Morgan fingerprint density at radius 1 is 1.33 bits per heavy atom. The minimum Gasteiger partial charge on any atom is -0.314 e. The fraction of sp³-hybridized carbons (Fsp3) is 0.562. The number of unbranched alkanes of at least 4 members (excludes halogenated alkanes) is 1. The molecular weight excluding hydrogens is 220 g/mol.